The van der Waals surface area contributed by atoms with Crippen LogP contribution in [0.1, 0.15) is 47.3 Å². The fourth-order valence-corrected chi connectivity index (χ4v) is 3.95. The van der Waals surface area contributed by atoms with Crippen molar-refractivity contribution in [3.8, 4) is 0 Å². The second kappa shape index (κ2) is 9.15. The minimum atomic E-state index is -4.60. The number of hydrogen-bond donors (Lipinski definition) is 2. The molecule has 3 amide bonds. The Hall–Kier alpha value is -3.14. The number of rotatable bonds is 3. The molecule has 1 aromatic heterocycles. The molecule has 3 rings (SSSR count). The molecule has 0 unspecified atom stereocenters. The van der Waals surface area contributed by atoms with Crippen LogP contribution >= 0.6 is 11.6 Å². The second-order valence-electron chi connectivity index (χ2n) is 7.67. The Kier molecular flexibility index (Phi) is 6.73. The van der Waals surface area contributed by atoms with Gasteiger partial charge in [0, 0.05) is 12.7 Å². The SMILES string of the molecule is C[C@@H]1CC[C@@H](c2ccc(C(F)(F)F)c(Cl)c2)N(C(=O)C(=O)Nc2cncc(C(N)=O)c2)C1. The van der Waals surface area contributed by atoms with Gasteiger partial charge in [-0.3, -0.25) is 19.4 Å². The van der Waals surface area contributed by atoms with E-state index in [-0.39, 0.29) is 23.7 Å². The van der Waals surface area contributed by atoms with Crippen molar-refractivity contribution >= 4 is 35.0 Å². The van der Waals surface area contributed by atoms with Crippen molar-refractivity contribution in [2.24, 2.45) is 11.7 Å². The van der Waals surface area contributed by atoms with Crippen LogP contribution in [0.4, 0.5) is 18.9 Å². The molecule has 0 bridgehead atoms. The lowest BCUT2D eigenvalue weighted by atomic mass is 9.89. The van der Waals surface area contributed by atoms with Gasteiger partial charge in [-0.1, -0.05) is 24.6 Å². The smallest absolute Gasteiger partial charge is 0.366 e. The van der Waals surface area contributed by atoms with Crippen molar-refractivity contribution in [2.45, 2.75) is 32.0 Å². The number of carbonyl (C=O) groups is 3. The first-order valence-corrected chi connectivity index (χ1v) is 10.1. The van der Waals surface area contributed by atoms with Crippen molar-refractivity contribution in [1.29, 1.82) is 0 Å². The first-order chi connectivity index (χ1) is 15.0. The number of nitrogens with two attached hydrogens (primary N) is 1. The topological polar surface area (TPSA) is 105 Å². The summed E-state index contributed by atoms with van der Waals surface area (Å²) in [6, 6.07) is 4.00. The summed E-state index contributed by atoms with van der Waals surface area (Å²) in [6.07, 6.45) is -0.945. The van der Waals surface area contributed by atoms with Gasteiger partial charge < -0.3 is 16.0 Å². The standard InChI is InChI=1S/C21H20ClF3N4O3/c1-11-2-5-17(12-3-4-15(16(22)7-12)21(23,24)25)29(10-11)20(32)19(31)28-14-6-13(18(26)30)8-27-9-14/h3-4,6-9,11,17H,2,5,10H2,1H3,(H2,26,30)(H,28,31)/t11-,17+/m1/s1. The number of nitrogens with zero attached hydrogens (tertiary/aromatic N) is 2. The number of primary amides is 1. The van der Waals surface area contributed by atoms with Crippen LogP contribution in [0.15, 0.2) is 36.7 Å². The van der Waals surface area contributed by atoms with E-state index < -0.39 is 40.5 Å². The quantitative estimate of drug-likeness (QED) is 0.668. The molecule has 2 aromatic rings. The number of pyridine rings is 1. The Balaban J connectivity index is 1.84. The maximum Gasteiger partial charge on any atom is 0.417 e. The third-order valence-corrected chi connectivity index (χ3v) is 5.55. The third-order valence-electron chi connectivity index (χ3n) is 5.24. The van der Waals surface area contributed by atoms with Crippen LogP contribution in [-0.4, -0.2) is 34.2 Å². The number of amides is 3. The number of nitrogens with one attached hydrogen (secondary N) is 1. The lowest BCUT2D eigenvalue weighted by molar-refractivity contribution is -0.146. The Morgan fingerprint density at radius 1 is 1.19 bits per heavy atom. The molecule has 1 saturated heterocycles. The highest BCUT2D eigenvalue weighted by Crippen LogP contribution is 2.39. The molecule has 1 fully saturated rings. The van der Waals surface area contributed by atoms with Crippen LogP contribution in [0.25, 0.3) is 0 Å². The van der Waals surface area contributed by atoms with Gasteiger partial charge in [-0.05, 0) is 42.5 Å². The van der Waals surface area contributed by atoms with Gasteiger partial charge in [-0.25, -0.2) is 0 Å². The zero-order valence-corrected chi connectivity index (χ0v) is 17.7. The average Bonchev–Trinajstić information content (AvgIpc) is 2.72. The molecular weight excluding hydrogens is 449 g/mol. The molecule has 0 radical (unpaired) electrons. The Morgan fingerprint density at radius 2 is 1.91 bits per heavy atom. The lowest BCUT2D eigenvalue weighted by Crippen LogP contribution is -2.46. The predicted molar refractivity (Wildman–Crippen MR) is 111 cm³/mol. The van der Waals surface area contributed by atoms with E-state index >= 15 is 0 Å². The Bertz CT molecular complexity index is 1060. The maximum atomic E-state index is 13.0. The fourth-order valence-electron chi connectivity index (χ4n) is 3.65. The molecule has 2 heterocycles. The van der Waals surface area contributed by atoms with Crippen molar-refractivity contribution in [1.82, 2.24) is 9.88 Å². The average molecular weight is 469 g/mol. The normalized spacial score (nSPS) is 18.8. The number of carbonyl (C=O) groups excluding carboxylic acids is 3. The van der Waals surface area contributed by atoms with Gasteiger partial charge in [0.1, 0.15) is 0 Å². The van der Waals surface area contributed by atoms with E-state index in [4.69, 9.17) is 17.3 Å². The molecule has 32 heavy (non-hydrogen) atoms. The van der Waals surface area contributed by atoms with Crippen LogP contribution in [0.3, 0.4) is 0 Å². The summed E-state index contributed by atoms with van der Waals surface area (Å²) in [7, 11) is 0. The summed E-state index contributed by atoms with van der Waals surface area (Å²) in [5, 5.41) is 1.91. The number of halogens is 4. The van der Waals surface area contributed by atoms with Gasteiger partial charge in [0.2, 0.25) is 5.91 Å². The predicted octanol–water partition coefficient (Wildman–Crippen LogP) is 3.79. The lowest BCUT2D eigenvalue weighted by Gasteiger charge is -2.38. The number of benzene rings is 1. The summed E-state index contributed by atoms with van der Waals surface area (Å²) < 4.78 is 39.1. The van der Waals surface area contributed by atoms with E-state index in [0.29, 0.717) is 12.0 Å². The number of likely N-dealkylation sites (tertiary alicyclic amines) is 1. The van der Waals surface area contributed by atoms with Crippen molar-refractivity contribution < 1.29 is 27.6 Å². The third kappa shape index (κ3) is 5.18. The van der Waals surface area contributed by atoms with E-state index in [0.717, 1.165) is 12.5 Å². The summed E-state index contributed by atoms with van der Waals surface area (Å²) in [6.45, 7) is 2.16. The minimum absolute atomic E-state index is 0.0547. The maximum absolute atomic E-state index is 13.0. The van der Waals surface area contributed by atoms with Crippen molar-refractivity contribution in [3.05, 3.63) is 58.4 Å². The van der Waals surface area contributed by atoms with Crippen LogP contribution in [-0.2, 0) is 15.8 Å². The monoisotopic (exact) mass is 468 g/mol. The van der Waals surface area contributed by atoms with Gasteiger partial charge in [-0.15, -0.1) is 0 Å². The van der Waals surface area contributed by atoms with Crippen molar-refractivity contribution in [2.75, 3.05) is 11.9 Å². The zero-order valence-electron chi connectivity index (χ0n) is 16.9. The second-order valence-corrected chi connectivity index (χ2v) is 8.08. The molecular formula is C21H20ClF3N4O3. The van der Waals surface area contributed by atoms with E-state index in [1.165, 1.54) is 35.5 Å². The fraction of sp³-hybridized carbons (Fsp3) is 0.333. The molecule has 170 valence electrons. The summed E-state index contributed by atoms with van der Waals surface area (Å²) >= 11 is 5.85. The highest BCUT2D eigenvalue weighted by molar-refractivity contribution is 6.39. The largest absolute Gasteiger partial charge is 0.417 e. The number of piperidine rings is 1. The summed E-state index contributed by atoms with van der Waals surface area (Å²) in [5.41, 5.74) is 4.80. The van der Waals surface area contributed by atoms with E-state index in [1.807, 2.05) is 6.92 Å². The Morgan fingerprint density at radius 3 is 2.53 bits per heavy atom. The van der Waals surface area contributed by atoms with Crippen molar-refractivity contribution in [3.63, 3.8) is 0 Å². The molecule has 2 atom stereocenters. The molecule has 11 heteroatoms. The molecule has 0 spiro atoms. The summed E-state index contributed by atoms with van der Waals surface area (Å²) in [4.78, 5) is 42.0. The van der Waals surface area contributed by atoms with Crippen LogP contribution in [0.2, 0.25) is 5.02 Å². The highest BCUT2D eigenvalue weighted by Gasteiger charge is 2.37. The number of anilines is 1. The molecule has 7 nitrogen and oxygen atoms in total. The molecule has 0 aliphatic carbocycles. The van der Waals surface area contributed by atoms with E-state index in [9.17, 15) is 27.6 Å². The molecule has 1 aromatic carbocycles. The van der Waals surface area contributed by atoms with Crippen LogP contribution < -0.4 is 11.1 Å². The highest BCUT2D eigenvalue weighted by atomic mass is 35.5. The minimum Gasteiger partial charge on any atom is -0.366 e. The van der Waals surface area contributed by atoms with Gasteiger partial charge in [0.05, 0.1) is 34.1 Å². The van der Waals surface area contributed by atoms with Crippen LogP contribution in [0, 0.1) is 5.92 Å². The molecule has 3 N–H and O–H groups in total. The first kappa shape index (κ1) is 23.5. The van der Waals surface area contributed by atoms with E-state index in [1.54, 1.807) is 0 Å². The van der Waals surface area contributed by atoms with Gasteiger partial charge in [0.25, 0.3) is 0 Å². The van der Waals surface area contributed by atoms with Gasteiger partial charge >= 0.3 is 18.0 Å². The van der Waals surface area contributed by atoms with Gasteiger partial charge in [0.15, 0.2) is 0 Å². The first-order valence-electron chi connectivity index (χ1n) is 9.70. The Labute approximate surface area is 186 Å². The van der Waals surface area contributed by atoms with Gasteiger partial charge in [-0.2, -0.15) is 13.2 Å². The van der Waals surface area contributed by atoms with Crippen LogP contribution in [0.5, 0.6) is 0 Å². The number of aromatic nitrogens is 1. The summed E-state index contributed by atoms with van der Waals surface area (Å²) in [5.74, 6) is -2.48. The zero-order chi connectivity index (χ0) is 23.6. The number of alkyl halides is 3. The molecule has 1 aliphatic rings. The van der Waals surface area contributed by atoms with E-state index in [2.05, 4.69) is 10.3 Å². The molecule has 0 saturated carbocycles. The number of hydrogen-bond acceptors (Lipinski definition) is 4. The molecule has 1 aliphatic heterocycles.